The minimum absolute atomic E-state index is 0.139. The third-order valence-corrected chi connectivity index (χ3v) is 12.4. The summed E-state index contributed by atoms with van der Waals surface area (Å²) in [6.07, 6.45) is 0. The van der Waals surface area contributed by atoms with E-state index in [1.54, 1.807) is 0 Å². The van der Waals surface area contributed by atoms with Gasteiger partial charge in [-0.1, -0.05) is 135 Å². The Hall–Kier alpha value is -6.36. The lowest BCUT2D eigenvalue weighted by atomic mass is 9.80. The molecule has 11 rings (SSSR count). The van der Waals surface area contributed by atoms with Gasteiger partial charge in [-0.3, -0.25) is 0 Å². The molecular weight excluding hydrogens is 663 g/mol. The molecule has 250 valence electrons. The van der Waals surface area contributed by atoms with Crippen LogP contribution in [0.3, 0.4) is 0 Å². The number of hydrogen-bond acceptors (Lipinski definition) is 3. The molecule has 0 amide bonds. The summed E-state index contributed by atoms with van der Waals surface area (Å²) in [5, 5.41) is 5.34. The first-order valence-electron chi connectivity index (χ1n) is 18.2. The van der Waals surface area contributed by atoms with E-state index in [9.17, 15) is 0 Å². The molecule has 4 heteroatoms. The number of nitrogens with zero attached hydrogens (tertiary/aromatic N) is 3. The van der Waals surface area contributed by atoms with Crippen LogP contribution in [0.4, 0.5) is 0 Å². The molecule has 53 heavy (non-hydrogen) atoms. The van der Waals surface area contributed by atoms with Gasteiger partial charge in [0.25, 0.3) is 0 Å². The van der Waals surface area contributed by atoms with Crippen LogP contribution < -0.4 is 0 Å². The van der Waals surface area contributed by atoms with E-state index in [0.717, 1.165) is 33.8 Å². The highest BCUT2D eigenvalue weighted by molar-refractivity contribution is 7.26. The predicted octanol–water partition coefficient (Wildman–Crippen LogP) is 13.2. The Morgan fingerprint density at radius 1 is 0.547 bits per heavy atom. The molecule has 0 bridgehead atoms. The summed E-state index contributed by atoms with van der Waals surface area (Å²) in [6.45, 7) is 4.82. The number of hydrogen-bond donors (Lipinski definition) is 0. The van der Waals surface area contributed by atoms with Crippen LogP contribution in [0.5, 0.6) is 0 Å². The van der Waals surface area contributed by atoms with Crippen molar-refractivity contribution in [2.24, 2.45) is 0 Å². The third kappa shape index (κ3) is 4.39. The predicted molar refractivity (Wildman–Crippen MR) is 223 cm³/mol. The molecule has 0 N–H and O–H groups in total. The molecule has 3 nitrogen and oxygen atoms in total. The van der Waals surface area contributed by atoms with Gasteiger partial charge in [0.05, 0.1) is 27.1 Å². The number of rotatable bonds is 4. The molecule has 1 aliphatic rings. The highest BCUT2D eigenvalue weighted by atomic mass is 32.1. The molecule has 0 radical (unpaired) electrons. The SMILES string of the molecule is CC1(C)c2ccccc2-c2c1c1c3ccccc3sc1c1c2c2ccccc2n1-c1ccc(-c2nc(-c3ccccc3)cc(-c3ccccc3)n2)cc1. The summed E-state index contributed by atoms with van der Waals surface area (Å²) >= 11 is 1.92. The summed E-state index contributed by atoms with van der Waals surface area (Å²) in [5.41, 5.74) is 14.0. The Balaban J connectivity index is 1.18. The van der Waals surface area contributed by atoms with Gasteiger partial charge < -0.3 is 4.57 Å². The van der Waals surface area contributed by atoms with E-state index in [2.05, 4.69) is 170 Å². The van der Waals surface area contributed by atoms with Crippen molar-refractivity contribution < 1.29 is 0 Å². The Morgan fingerprint density at radius 2 is 1.15 bits per heavy atom. The summed E-state index contributed by atoms with van der Waals surface area (Å²) in [5.74, 6) is 0.711. The molecule has 3 aromatic heterocycles. The van der Waals surface area contributed by atoms with Gasteiger partial charge in [-0.2, -0.15) is 0 Å². The largest absolute Gasteiger partial charge is 0.308 e. The first kappa shape index (κ1) is 30.3. The van der Waals surface area contributed by atoms with E-state index in [-0.39, 0.29) is 5.41 Å². The lowest BCUT2D eigenvalue weighted by Crippen LogP contribution is -2.15. The van der Waals surface area contributed by atoms with Crippen LogP contribution in [0.15, 0.2) is 164 Å². The van der Waals surface area contributed by atoms with Crippen molar-refractivity contribution in [3.05, 3.63) is 175 Å². The summed E-state index contributed by atoms with van der Waals surface area (Å²) in [7, 11) is 0. The van der Waals surface area contributed by atoms with Gasteiger partial charge in [0.15, 0.2) is 5.82 Å². The Kier molecular flexibility index (Phi) is 6.47. The normalized spacial score (nSPS) is 13.2. The van der Waals surface area contributed by atoms with Gasteiger partial charge in [0, 0.05) is 54.0 Å². The molecule has 0 saturated carbocycles. The molecule has 0 aliphatic heterocycles. The topological polar surface area (TPSA) is 30.7 Å². The van der Waals surface area contributed by atoms with Gasteiger partial charge in [0.2, 0.25) is 0 Å². The van der Waals surface area contributed by atoms with Crippen molar-refractivity contribution in [2.45, 2.75) is 19.3 Å². The van der Waals surface area contributed by atoms with Crippen molar-refractivity contribution in [3.63, 3.8) is 0 Å². The lowest BCUT2D eigenvalue weighted by molar-refractivity contribution is 0.667. The third-order valence-electron chi connectivity index (χ3n) is 11.2. The molecule has 0 saturated heterocycles. The molecule has 10 aromatic rings. The van der Waals surface area contributed by atoms with Crippen LogP contribution in [-0.2, 0) is 5.41 Å². The van der Waals surface area contributed by atoms with Gasteiger partial charge in [-0.05, 0) is 64.7 Å². The zero-order chi connectivity index (χ0) is 35.3. The van der Waals surface area contributed by atoms with Gasteiger partial charge in [-0.15, -0.1) is 11.3 Å². The van der Waals surface area contributed by atoms with Crippen molar-refractivity contribution in [1.29, 1.82) is 0 Å². The minimum atomic E-state index is -0.139. The standard InChI is InChI=1S/C49H33N3S/c1-49(2)37-22-12-9-19-34(37)42-43-35-20-10-13-23-40(35)52(46(43)47-44(45(42)49)36-21-11-14-24-41(36)53-47)33-27-25-32(26-28-33)48-50-38(30-15-5-3-6-16-30)29-39(51-48)31-17-7-4-8-18-31/h3-29H,1-2H3. The molecular formula is C49H33N3S. The molecule has 0 fully saturated rings. The quantitative estimate of drug-likeness (QED) is 0.183. The van der Waals surface area contributed by atoms with Crippen molar-refractivity contribution in [2.75, 3.05) is 0 Å². The maximum atomic E-state index is 5.11. The van der Waals surface area contributed by atoms with E-state index in [4.69, 9.17) is 9.97 Å². The average molecular weight is 696 g/mol. The Bertz CT molecular complexity index is 3000. The Morgan fingerprint density at radius 3 is 1.87 bits per heavy atom. The van der Waals surface area contributed by atoms with Crippen LogP contribution in [0.1, 0.15) is 25.0 Å². The monoisotopic (exact) mass is 695 g/mol. The second-order valence-electron chi connectivity index (χ2n) is 14.5. The molecule has 0 unspecified atom stereocenters. The number of aromatic nitrogens is 3. The zero-order valence-corrected chi connectivity index (χ0v) is 30.2. The first-order chi connectivity index (χ1) is 26.1. The van der Waals surface area contributed by atoms with Crippen LogP contribution in [0.2, 0.25) is 0 Å². The van der Waals surface area contributed by atoms with E-state index >= 15 is 0 Å². The summed E-state index contributed by atoms with van der Waals surface area (Å²) in [4.78, 5) is 10.2. The first-order valence-corrected chi connectivity index (χ1v) is 19.0. The number of benzene rings is 7. The highest BCUT2D eigenvalue weighted by Crippen LogP contribution is 2.58. The van der Waals surface area contributed by atoms with Gasteiger partial charge in [-0.25, -0.2) is 9.97 Å². The summed E-state index contributed by atoms with van der Waals surface area (Å²) in [6, 6.07) is 58.6. The van der Waals surface area contributed by atoms with Crippen molar-refractivity contribution in [1.82, 2.24) is 14.5 Å². The average Bonchev–Trinajstić information content (AvgIpc) is 3.84. The number of para-hydroxylation sites is 1. The zero-order valence-electron chi connectivity index (χ0n) is 29.3. The smallest absolute Gasteiger partial charge is 0.160 e. The van der Waals surface area contributed by atoms with E-state index in [1.807, 2.05) is 23.5 Å². The maximum Gasteiger partial charge on any atom is 0.160 e. The van der Waals surface area contributed by atoms with E-state index < -0.39 is 0 Å². The van der Waals surface area contributed by atoms with Crippen LogP contribution in [-0.4, -0.2) is 14.5 Å². The molecule has 1 aliphatic carbocycles. The fourth-order valence-corrected chi connectivity index (χ4v) is 10.1. The molecule has 3 heterocycles. The second-order valence-corrected chi connectivity index (χ2v) is 15.6. The fourth-order valence-electron chi connectivity index (χ4n) is 8.81. The second kappa shape index (κ2) is 11.3. The number of fused-ring (bicyclic) bond motifs is 12. The van der Waals surface area contributed by atoms with Crippen LogP contribution >= 0.6 is 11.3 Å². The van der Waals surface area contributed by atoms with E-state index in [0.29, 0.717) is 5.82 Å². The van der Waals surface area contributed by atoms with Crippen LogP contribution in [0, 0.1) is 0 Å². The lowest BCUT2D eigenvalue weighted by Gasteiger charge is -2.23. The maximum absolute atomic E-state index is 5.11. The van der Waals surface area contributed by atoms with Crippen molar-refractivity contribution >= 4 is 53.3 Å². The van der Waals surface area contributed by atoms with E-state index in [1.165, 1.54) is 64.2 Å². The fraction of sp³-hybridized carbons (Fsp3) is 0.0612. The molecule has 0 spiro atoms. The molecule has 0 atom stereocenters. The number of thiophene rings is 1. The highest BCUT2D eigenvalue weighted by Gasteiger charge is 2.40. The molecule has 7 aromatic carbocycles. The Labute approximate surface area is 311 Å². The summed E-state index contributed by atoms with van der Waals surface area (Å²) < 4.78 is 5.16. The van der Waals surface area contributed by atoms with Crippen molar-refractivity contribution in [3.8, 4) is 50.7 Å². The van der Waals surface area contributed by atoms with Gasteiger partial charge >= 0.3 is 0 Å². The minimum Gasteiger partial charge on any atom is -0.308 e. The van der Waals surface area contributed by atoms with Crippen LogP contribution in [0.25, 0.3) is 92.7 Å². The van der Waals surface area contributed by atoms with Gasteiger partial charge in [0.1, 0.15) is 0 Å².